The molecule has 0 radical (unpaired) electrons. The summed E-state index contributed by atoms with van der Waals surface area (Å²) in [6.07, 6.45) is 7.04. The predicted molar refractivity (Wildman–Crippen MR) is 84.6 cm³/mol. The minimum Gasteiger partial charge on any atom is -0.453 e. The Morgan fingerprint density at radius 1 is 1.39 bits per heavy atom. The summed E-state index contributed by atoms with van der Waals surface area (Å²) in [5.41, 5.74) is 1.59. The molecule has 3 heterocycles. The van der Waals surface area contributed by atoms with Crippen molar-refractivity contribution in [1.29, 1.82) is 0 Å². The fourth-order valence-electron chi connectivity index (χ4n) is 4.80. The van der Waals surface area contributed by atoms with Gasteiger partial charge in [0.05, 0.1) is 7.11 Å². The Bertz CT molecular complexity index is 551. The second-order valence-corrected chi connectivity index (χ2v) is 7.57. The Morgan fingerprint density at radius 2 is 2.17 bits per heavy atom. The third-order valence-corrected chi connectivity index (χ3v) is 6.16. The molecule has 2 amide bonds. The number of fused-ring (bicyclic) bond motifs is 2. The molecule has 1 aliphatic carbocycles. The van der Waals surface area contributed by atoms with E-state index in [0.29, 0.717) is 12.3 Å². The Balaban J connectivity index is 1.39. The molecule has 126 valence electrons. The number of rotatable bonds is 1. The molecule has 1 N–H and O–H groups in total. The first kappa shape index (κ1) is 14.8. The number of carbonyl (C=O) groups excluding carboxylic acids is 2. The molecular weight excluding hydrogens is 294 g/mol. The third kappa shape index (κ3) is 2.58. The van der Waals surface area contributed by atoms with Gasteiger partial charge in [-0.3, -0.25) is 4.79 Å². The Morgan fingerprint density at radius 3 is 2.83 bits per heavy atom. The Labute approximate surface area is 136 Å². The molecule has 1 spiro atoms. The maximum Gasteiger partial charge on any atom is 0.409 e. The molecule has 0 aromatic rings. The van der Waals surface area contributed by atoms with Gasteiger partial charge < -0.3 is 19.9 Å². The lowest BCUT2D eigenvalue weighted by Crippen LogP contribution is -2.42. The number of piperidine rings is 1. The molecule has 4 aliphatic rings. The summed E-state index contributed by atoms with van der Waals surface area (Å²) in [7, 11) is 1.46. The minimum absolute atomic E-state index is 0.194. The fraction of sp³-hybridized carbons (Fsp3) is 0.765. The van der Waals surface area contributed by atoms with E-state index >= 15 is 0 Å². The monoisotopic (exact) mass is 319 g/mol. The smallest absolute Gasteiger partial charge is 0.409 e. The molecular formula is C17H25N3O3. The van der Waals surface area contributed by atoms with Crippen LogP contribution in [0.1, 0.15) is 32.1 Å². The standard InChI is InChI=1S/C17H25N3O3/c1-23-16(22)20-10-12-6-13(8-14(20)7-12)19-4-2-17(3-5-19)9-15(21)18-11-17/h6,12,14H,2-5,7-11H2,1H3,(H,18,21). The number of nitrogens with one attached hydrogen (secondary N) is 1. The summed E-state index contributed by atoms with van der Waals surface area (Å²) in [4.78, 5) is 27.8. The molecule has 3 fully saturated rings. The molecule has 2 bridgehead atoms. The molecule has 0 saturated carbocycles. The molecule has 3 aliphatic heterocycles. The van der Waals surface area contributed by atoms with Crippen molar-refractivity contribution in [3.63, 3.8) is 0 Å². The van der Waals surface area contributed by atoms with Gasteiger partial charge in [0.2, 0.25) is 5.91 Å². The van der Waals surface area contributed by atoms with Gasteiger partial charge in [-0.1, -0.05) is 6.08 Å². The van der Waals surface area contributed by atoms with E-state index < -0.39 is 0 Å². The number of methoxy groups -OCH3 is 1. The van der Waals surface area contributed by atoms with Crippen LogP contribution in [-0.2, 0) is 9.53 Å². The summed E-state index contributed by atoms with van der Waals surface area (Å²) in [5, 5.41) is 2.99. The van der Waals surface area contributed by atoms with Crippen molar-refractivity contribution < 1.29 is 14.3 Å². The number of nitrogens with zero attached hydrogens (tertiary/aromatic N) is 2. The zero-order chi connectivity index (χ0) is 16.0. The average molecular weight is 319 g/mol. The molecule has 2 unspecified atom stereocenters. The topological polar surface area (TPSA) is 61.9 Å². The predicted octanol–water partition coefficient (Wildman–Crippen LogP) is 1.33. The molecule has 6 heteroatoms. The molecule has 0 aromatic carbocycles. The van der Waals surface area contributed by atoms with Gasteiger partial charge >= 0.3 is 6.09 Å². The van der Waals surface area contributed by atoms with Gasteiger partial charge in [-0.05, 0) is 30.6 Å². The van der Waals surface area contributed by atoms with Crippen LogP contribution in [0.5, 0.6) is 0 Å². The maximum atomic E-state index is 11.9. The molecule has 6 nitrogen and oxygen atoms in total. The highest BCUT2D eigenvalue weighted by molar-refractivity contribution is 5.79. The number of likely N-dealkylation sites (tertiary alicyclic amines) is 2. The first-order valence-electron chi connectivity index (χ1n) is 8.65. The second kappa shape index (κ2) is 5.42. The van der Waals surface area contributed by atoms with Crippen LogP contribution >= 0.6 is 0 Å². The van der Waals surface area contributed by atoms with Gasteiger partial charge in [0.25, 0.3) is 0 Å². The van der Waals surface area contributed by atoms with Crippen LogP contribution in [0.2, 0.25) is 0 Å². The van der Waals surface area contributed by atoms with E-state index in [1.807, 2.05) is 4.90 Å². The first-order chi connectivity index (χ1) is 11.1. The summed E-state index contributed by atoms with van der Waals surface area (Å²) in [5.74, 6) is 0.676. The Kier molecular flexibility index (Phi) is 3.50. The third-order valence-electron chi connectivity index (χ3n) is 6.16. The van der Waals surface area contributed by atoms with Gasteiger partial charge in [-0.15, -0.1) is 0 Å². The van der Waals surface area contributed by atoms with Crippen LogP contribution in [0.3, 0.4) is 0 Å². The van der Waals surface area contributed by atoms with Gasteiger partial charge in [0.15, 0.2) is 0 Å². The van der Waals surface area contributed by atoms with Crippen LogP contribution in [0, 0.1) is 11.3 Å². The normalized spacial score (nSPS) is 32.0. The number of carbonyl (C=O) groups is 2. The molecule has 4 rings (SSSR count). The number of hydrogen-bond acceptors (Lipinski definition) is 4. The lowest BCUT2D eigenvalue weighted by atomic mass is 9.77. The van der Waals surface area contributed by atoms with Gasteiger partial charge in [0.1, 0.15) is 0 Å². The SMILES string of the molecule is COC(=O)N1CC2C=C(N3CCC4(CC3)CNC(=O)C4)CC1C2. The summed E-state index contributed by atoms with van der Waals surface area (Å²) in [6, 6.07) is 0.290. The summed E-state index contributed by atoms with van der Waals surface area (Å²) in [6.45, 7) is 3.69. The highest BCUT2D eigenvalue weighted by Crippen LogP contribution is 2.41. The van der Waals surface area contributed by atoms with Crippen LogP contribution < -0.4 is 5.32 Å². The lowest BCUT2D eigenvalue weighted by molar-refractivity contribution is -0.119. The van der Waals surface area contributed by atoms with E-state index in [-0.39, 0.29) is 23.5 Å². The fourth-order valence-corrected chi connectivity index (χ4v) is 4.80. The lowest BCUT2D eigenvalue weighted by Gasteiger charge is -2.41. The van der Waals surface area contributed by atoms with Crippen molar-refractivity contribution in [3.8, 4) is 0 Å². The number of amides is 2. The van der Waals surface area contributed by atoms with Crippen LogP contribution in [0.25, 0.3) is 0 Å². The summed E-state index contributed by atoms with van der Waals surface area (Å²) >= 11 is 0. The average Bonchev–Trinajstić information content (AvgIpc) is 3.07. The largest absolute Gasteiger partial charge is 0.453 e. The zero-order valence-electron chi connectivity index (χ0n) is 13.7. The van der Waals surface area contributed by atoms with E-state index in [9.17, 15) is 9.59 Å². The Hall–Kier alpha value is -1.72. The van der Waals surface area contributed by atoms with E-state index in [1.165, 1.54) is 12.8 Å². The van der Waals surface area contributed by atoms with E-state index in [2.05, 4.69) is 16.3 Å². The van der Waals surface area contributed by atoms with Crippen LogP contribution in [-0.4, -0.2) is 61.1 Å². The molecule has 2 atom stereocenters. The molecule has 0 aromatic heterocycles. The maximum absolute atomic E-state index is 11.9. The zero-order valence-corrected chi connectivity index (χ0v) is 13.7. The highest BCUT2D eigenvalue weighted by atomic mass is 16.5. The van der Waals surface area contributed by atoms with Crippen molar-refractivity contribution in [2.75, 3.05) is 33.3 Å². The van der Waals surface area contributed by atoms with Crippen molar-refractivity contribution in [1.82, 2.24) is 15.1 Å². The van der Waals surface area contributed by atoms with Crippen molar-refractivity contribution >= 4 is 12.0 Å². The van der Waals surface area contributed by atoms with E-state index in [0.717, 1.165) is 51.9 Å². The highest BCUT2D eigenvalue weighted by Gasteiger charge is 2.43. The van der Waals surface area contributed by atoms with Crippen molar-refractivity contribution in [3.05, 3.63) is 11.8 Å². The molecule has 23 heavy (non-hydrogen) atoms. The number of ether oxygens (including phenoxy) is 1. The van der Waals surface area contributed by atoms with Crippen molar-refractivity contribution in [2.45, 2.75) is 38.1 Å². The van der Waals surface area contributed by atoms with Gasteiger partial charge in [0, 0.05) is 50.8 Å². The van der Waals surface area contributed by atoms with Crippen LogP contribution in [0.4, 0.5) is 4.79 Å². The quantitative estimate of drug-likeness (QED) is 0.792. The van der Waals surface area contributed by atoms with E-state index in [1.54, 1.807) is 0 Å². The van der Waals surface area contributed by atoms with Crippen molar-refractivity contribution in [2.24, 2.45) is 11.3 Å². The number of hydrogen-bond donors (Lipinski definition) is 1. The van der Waals surface area contributed by atoms with Crippen LogP contribution in [0.15, 0.2) is 11.8 Å². The minimum atomic E-state index is -0.194. The second-order valence-electron chi connectivity index (χ2n) is 7.57. The van der Waals surface area contributed by atoms with Gasteiger partial charge in [-0.2, -0.15) is 0 Å². The first-order valence-corrected chi connectivity index (χ1v) is 8.65. The molecule has 3 saturated heterocycles. The van der Waals surface area contributed by atoms with Gasteiger partial charge in [-0.25, -0.2) is 4.79 Å². The van der Waals surface area contributed by atoms with E-state index in [4.69, 9.17) is 4.74 Å². The summed E-state index contributed by atoms with van der Waals surface area (Å²) < 4.78 is 4.91.